The second kappa shape index (κ2) is 8.20. The Balaban J connectivity index is 1.90. The highest BCUT2D eigenvalue weighted by atomic mass is 28.3. The van der Waals surface area contributed by atoms with E-state index in [1.165, 1.54) is 0 Å². The molecule has 27 heavy (non-hydrogen) atoms. The average molecular weight is 379 g/mol. The van der Waals surface area contributed by atoms with Crippen LogP contribution in [0.3, 0.4) is 0 Å². The maximum absolute atomic E-state index is 9.13. The molecule has 7 nitrogen and oxygen atoms in total. The van der Waals surface area contributed by atoms with Crippen molar-refractivity contribution in [2.24, 2.45) is 0 Å². The van der Waals surface area contributed by atoms with Crippen molar-refractivity contribution in [3.05, 3.63) is 48.5 Å². The van der Waals surface area contributed by atoms with Gasteiger partial charge in [0.1, 0.15) is 18.5 Å². The third kappa shape index (κ3) is 5.06. The molecule has 0 aliphatic carbocycles. The van der Waals surface area contributed by atoms with Crippen LogP contribution >= 0.6 is 0 Å². The van der Waals surface area contributed by atoms with Crippen molar-refractivity contribution < 1.29 is 4.74 Å². The number of hydrogen-bond acceptors (Lipinski definition) is 6. The summed E-state index contributed by atoms with van der Waals surface area (Å²) in [6.45, 7) is 7.96. The lowest BCUT2D eigenvalue weighted by Crippen LogP contribution is -2.22. The number of ether oxygens (including phenoxy) is 1. The second-order valence-electron chi connectivity index (χ2n) is 7.38. The van der Waals surface area contributed by atoms with Gasteiger partial charge in [0.05, 0.1) is 0 Å². The molecule has 0 aliphatic heterocycles. The normalized spacial score (nSPS) is 11.3. The van der Waals surface area contributed by atoms with Gasteiger partial charge in [-0.15, -0.1) is 5.10 Å². The van der Waals surface area contributed by atoms with Crippen molar-refractivity contribution >= 4 is 8.07 Å². The van der Waals surface area contributed by atoms with E-state index < -0.39 is 8.07 Å². The molecule has 0 aliphatic rings. The van der Waals surface area contributed by atoms with Crippen LogP contribution in [0, 0.1) is 11.3 Å². The van der Waals surface area contributed by atoms with Crippen LogP contribution in [0.4, 0.5) is 0 Å². The molecule has 138 valence electrons. The molecule has 3 aromatic heterocycles. The van der Waals surface area contributed by atoms with Gasteiger partial charge in [-0.2, -0.15) is 5.26 Å². The van der Waals surface area contributed by atoms with Crippen LogP contribution in [0.5, 0.6) is 0 Å². The van der Waals surface area contributed by atoms with Gasteiger partial charge in [-0.3, -0.25) is 4.98 Å². The number of nitrogens with zero attached hydrogens (tertiary/aromatic N) is 6. The molecule has 0 fully saturated rings. The Labute approximate surface area is 159 Å². The molecule has 3 rings (SSSR count). The van der Waals surface area contributed by atoms with E-state index in [1.54, 1.807) is 29.3 Å². The summed E-state index contributed by atoms with van der Waals surface area (Å²) in [6, 6.07) is 10.4. The van der Waals surface area contributed by atoms with Crippen molar-refractivity contribution in [3.8, 4) is 28.8 Å². The zero-order chi connectivity index (χ0) is 19.3. The largest absolute Gasteiger partial charge is 0.359 e. The Bertz CT molecular complexity index is 943. The summed E-state index contributed by atoms with van der Waals surface area (Å²) in [5, 5.41) is 13.7. The fraction of sp³-hybridized carbons (Fsp3) is 0.316. The molecular formula is C19H22N6OSi. The van der Waals surface area contributed by atoms with E-state index in [2.05, 4.69) is 45.8 Å². The quantitative estimate of drug-likeness (QED) is 0.461. The lowest BCUT2D eigenvalue weighted by atomic mass is 10.2. The first kappa shape index (κ1) is 18.9. The van der Waals surface area contributed by atoms with Gasteiger partial charge >= 0.3 is 0 Å². The summed E-state index contributed by atoms with van der Waals surface area (Å²) in [5.41, 5.74) is 2.00. The average Bonchev–Trinajstić information content (AvgIpc) is 3.09. The first-order valence-corrected chi connectivity index (χ1v) is 12.5. The van der Waals surface area contributed by atoms with Gasteiger partial charge in [-0.25, -0.2) is 14.6 Å². The molecule has 0 saturated carbocycles. The highest BCUT2D eigenvalue weighted by Crippen LogP contribution is 2.22. The van der Waals surface area contributed by atoms with E-state index in [0.29, 0.717) is 30.7 Å². The standard InChI is InChI=1S/C19H22N6OSi/c1-27(2,3)11-10-26-14-25-19(16-6-9-22-17(12-16)13-20)23-18(24-25)15-4-7-21-8-5-15/h4-9,12H,10-11,14H2,1-3H3. The smallest absolute Gasteiger partial charge is 0.181 e. The van der Waals surface area contributed by atoms with Crippen LogP contribution in [0.1, 0.15) is 5.69 Å². The minimum absolute atomic E-state index is 0.308. The molecule has 0 atom stereocenters. The van der Waals surface area contributed by atoms with Crippen molar-refractivity contribution in [3.63, 3.8) is 0 Å². The van der Waals surface area contributed by atoms with Gasteiger partial charge in [0, 0.05) is 44.4 Å². The fourth-order valence-corrected chi connectivity index (χ4v) is 3.19. The van der Waals surface area contributed by atoms with E-state index in [1.807, 2.05) is 18.2 Å². The van der Waals surface area contributed by atoms with Crippen LogP contribution in [-0.2, 0) is 11.5 Å². The van der Waals surface area contributed by atoms with Gasteiger partial charge in [-0.1, -0.05) is 19.6 Å². The van der Waals surface area contributed by atoms with Crippen molar-refractivity contribution in [1.82, 2.24) is 24.7 Å². The molecule has 0 saturated heterocycles. The molecule has 0 spiro atoms. The van der Waals surface area contributed by atoms with Crippen molar-refractivity contribution in [2.75, 3.05) is 6.61 Å². The van der Waals surface area contributed by atoms with Crippen LogP contribution in [0.25, 0.3) is 22.8 Å². The molecule has 8 heteroatoms. The molecule has 0 unspecified atom stereocenters. The van der Waals surface area contributed by atoms with Crippen LogP contribution in [-0.4, -0.2) is 39.4 Å². The van der Waals surface area contributed by atoms with Gasteiger partial charge in [0.2, 0.25) is 0 Å². The molecule has 0 N–H and O–H groups in total. The predicted molar refractivity (Wildman–Crippen MR) is 105 cm³/mol. The second-order valence-corrected chi connectivity index (χ2v) is 13.0. The van der Waals surface area contributed by atoms with Crippen LogP contribution < -0.4 is 0 Å². The monoisotopic (exact) mass is 378 g/mol. The van der Waals surface area contributed by atoms with E-state index in [-0.39, 0.29) is 0 Å². The first-order valence-electron chi connectivity index (χ1n) is 8.76. The highest BCUT2D eigenvalue weighted by Gasteiger charge is 2.16. The van der Waals surface area contributed by atoms with Gasteiger partial charge in [-0.05, 0) is 30.3 Å². The number of aromatic nitrogens is 5. The number of nitriles is 1. The Morgan fingerprint density at radius 1 is 1.11 bits per heavy atom. The van der Waals surface area contributed by atoms with Crippen LogP contribution in [0.2, 0.25) is 25.7 Å². The molecule has 0 amide bonds. The van der Waals surface area contributed by atoms with Gasteiger partial charge in [0.25, 0.3) is 0 Å². The maximum atomic E-state index is 9.13. The van der Waals surface area contributed by atoms with Gasteiger partial charge in [0.15, 0.2) is 11.6 Å². The third-order valence-corrected chi connectivity index (χ3v) is 5.66. The summed E-state index contributed by atoms with van der Waals surface area (Å²) in [5.74, 6) is 1.24. The summed E-state index contributed by atoms with van der Waals surface area (Å²) >= 11 is 0. The van der Waals surface area contributed by atoms with Crippen molar-refractivity contribution in [1.29, 1.82) is 5.26 Å². The Hall–Kier alpha value is -2.89. The van der Waals surface area contributed by atoms with E-state index >= 15 is 0 Å². The predicted octanol–water partition coefficient (Wildman–Crippen LogP) is 3.59. The van der Waals surface area contributed by atoms with E-state index in [0.717, 1.165) is 17.2 Å². The topological polar surface area (TPSA) is 89.5 Å². The zero-order valence-corrected chi connectivity index (χ0v) is 16.8. The molecule has 0 radical (unpaired) electrons. The molecular weight excluding hydrogens is 356 g/mol. The molecule has 3 aromatic rings. The first-order chi connectivity index (χ1) is 13.0. The maximum Gasteiger partial charge on any atom is 0.181 e. The Kier molecular flexibility index (Phi) is 5.74. The summed E-state index contributed by atoms with van der Waals surface area (Å²) < 4.78 is 7.60. The SMILES string of the molecule is C[Si](C)(C)CCOCn1nc(-c2ccncc2)nc1-c1ccnc(C#N)c1. The fourth-order valence-electron chi connectivity index (χ4n) is 2.43. The highest BCUT2D eigenvalue weighted by molar-refractivity contribution is 6.76. The summed E-state index contributed by atoms with van der Waals surface area (Å²) in [6.07, 6.45) is 5.02. The molecule has 3 heterocycles. The minimum Gasteiger partial charge on any atom is -0.359 e. The number of rotatable bonds is 7. The van der Waals surface area contributed by atoms with Gasteiger partial charge < -0.3 is 4.74 Å². The van der Waals surface area contributed by atoms with E-state index in [9.17, 15) is 0 Å². The number of hydrogen-bond donors (Lipinski definition) is 0. The summed E-state index contributed by atoms with van der Waals surface area (Å²) in [4.78, 5) is 12.7. The zero-order valence-electron chi connectivity index (χ0n) is 15.8. The Morgan fingerprint density at radius 3 is 2.56 bits per heavy atom. The lowest BCUT2D eigenvalue weighted by molar-refractivity contribution is 0.0797. The van der Waals surface area contributed by atoms with Crippen molar-refractivity contribution in [2.45, 2.75) is 32.4 Å². The molecule has 0 aromatic carbocycles. The molecule has 0 bridgehead atoms. The minimum atomic E-state index is -1.15. The lowest BCUT2D eigenvalue weighted by Gasteiger charge is -2.15. The Morgan fingerprint density at radius 2 is 1.85 bits per heavy atom. The van der Waals surface area contributed by atoms with Crippen LogP contribution in [0.15, 0.2) is 42.9 Å². The summed E-state index contributed by atoms with van der Waals surface area (Å²) in [7, 11) is -1.15. The van der Waals surface area contributed by atoms with E-state index in [4.69, 9.17) is 10.00 Å². The number of pyridine rings is 2. The third-order valence-electron chi connectivity index (χ3n) is 3.95.